The number of aromatic amines is 2. The molecule has 0 aliphatic carbocycles. The van der Waals surface area contributed by atoms with Gasteiger partial charge in [-0.25, -0.2) is 19.1 Å². The van der Waals surface area contributed by atoms with Crippen LogP contribution in [0.4, 0.5) is 15.4 Å². The predicted octanol–water partition coefficient (Wildman–Crippen LogP) is 3.50. The van der Waals surface area contributed by atoms with Gasteiger partial charge in [-0.3, -0.25) is 24.6 Å². The molecule has 2 atom stereocenters. The molecule has 0 aromatic carbocycles. The zero-order valence-electron chi connectivity index (χ0n) is 28.8. The number of nitrogens with one attached hydrogen (secondary N) is 2. The molecule has 5 rings (SSSR count). The Labute approximate surface area is 279 Å². The van der Waals surface area contributed by atoms with E-state index >= 15 is 0 Å². The van der Waals surface area contributed by atoms with Crippen molar-refractivity contribution in [2.45, 2.75) is 84.8 Å². The highest BCUT2D eigenvalue weighted by Crippen LogP contribution is 2.27. The lowest BCUT2D eigenvalue weighted by molar-refractivity contribution is -0.146. The molecule has 3 aromatic heterocycles. The average molecular weight is 673 g/mol. The molecule has 0 bridgehead atoms. The second-order valence-corrected chi connectivity index (χ2v) is 13.5. The summed E-state index contributed by atoms with van der Waals surface area (Å²) in [6.07, 6.45) is 3.69. The number of aromatic nitrogens is 5. The Morgan fingerprint density at radius 1 is 0.958 bits per heavy atom. The number of nitrogens with two attached hydrogens (primary N) is 1. The van der Waals surface area contributed by atoms with Crippen LogP contribution in [0.3, 0.4) is 0 Å². The van der Waals surface area contributed by atoms with Crippen LogP contribution in [-0.2, 0) is 23.8 Å². The first-order valence-corrected chi connectivity index (χ1v) is 15.9. The Balaban J connectivity index is 0.000000223. The zero-order valence-corrected chi connectivity index (χ0v) is 28.8. The molecule has 2 unspecified atom stereocenters. The third-order valence-corrected chi connectivity index (χ3v) is 7.10. The number of amides is 2. The van der Waals surface area contributed by atoms with Crippen LogP contribution in [0.15, 0.2) is 35.4 Å². The Kier molecular flexibility index (Phi) is 12.7. The van der Waals surface area contributed by atoms with E-state index in [1.54, 1.807) is 57.1 Å². The summed E-state index contributed by atoms with van der Waals surface area (Å²) in [5, 5.41) is 8.92. The number of anilines is 1. The van der Waals surface area contributed by atoms with Crippen molar-refractivity contribution in [2.75, 3.05) is 38.5 Å². The summed E-state index contributed by atoms with van der Waals surface area (Å²) < 4.78 is 16.8. The Morgan fingerprint density at radius 3 is 2.12 bits per heavy atom. The van der Waals surface area contributed by atoms with E-state index in [0.29, 0.717) is 44.1 Å². The second kappa shape index (κ2) is 16.3. The zero-order chi connectivity index (χ0) is 35.6. The number of fused-ring (bicyclic) bond motifs is 1. The van der Waals surface area contributed by atoms with Crippen LogP contribution in [0.2, 0.25) is 0 Å². The molecule has 2 aliphatic heterocycles. The van der Waals surface area contributed by atoms with E-state index in [9.17, 15) is 24.0 Å². The smallest absolute Gasteiger partial charge is 0.410 e. The molecule has 16 nitrogen and oxygen atoms in total. The van der Waals surface area contributed by atoms with Gasteiger partial charge in [0.15, 0.2) is 5.65 Å². The van der Waals surface area contributed by atoms with Gasteiger partial charge in [-0.1, -0.05) is 0 Å². The molecule has 48 heavy (non-hydrogen) atoms. The summed E-state index contributed by atoms with van der Waals surface area (Å²) in [6, 6.07) is 4.98. The molecule has 2 aliphatic rings. The molecule has 0 saturated carbocycles. The molecule has 16 heteroatoms. The fourth-order valence-corrected chi connectivity index (χ4v) is 4.93. The van der Waals surface area contributed by atoms with Gasteiger partial charge in [0.2, 0.25) is 0 Å². The van der Waals surface area contributed by atoms with Crippen LogP contribution >= 0.6 is 0 Å². The molecule has 2 fully saturated rings. The number of carbonyl (C=O) groups is 4. The van der Waals surface area contributed by atoms with E-state index in [4.69, 9.17) is 19.9 Å². The number of likely N-dealkylation sites (tertiary alicyclic amines) is 2. The number of hydrogen-bond acceptors (Lipinski definition) is 11. The summed E-state index contributed by atoms with van der Waals surface area (Å²) in [4.78, 5) is 66.8. The lowest BCUT2D eigenvalue weighted by Gasteiger charge is -2.24. The number of H-pyrrole nitrogens is 2. The monoisotopic (exact) mass is 672 g/mol. The Morgan fingerprint density at radius 2 is 1.58 bits per heavy atom. The summed E-state index contributed by atoms with van der Waals surface area (Å²) in [5.41, 5.74) is 5.29. The summed E-state index contributed by atoms with van der Waals surface area (Å²) >= 11 is 0. The minimum Gasteiger partial charge on any atom is -0.466 e. The number of ketones is 1. The van der Waals surface area contributed by atoms with Crippen LogP contribution in [0.25, 0.3) is 5.65 Å². The van der Waals surface area contributed by atoms with Crippen molar-refractivity contribution in [1.29, 1.82) is 0 Å². The summed E-state index contributed by atoms with van der Waals surface area (Å²) in [5.74, 6) is -0.301. The van der Waals surface area contributed by atoms with Gasteiger partial charge in [-0.15, -0.1) is 0 Å². The fourth-order valence-electron chi connectivity index (χ4n) is 4.93. The lowest BCUT2D eigenvalue weighted by atomic mass is 10.0. The van der Waals surface area contributed by atoms with E-state index in [2.05, 4.69) is 20.3 Å². The number of rotatable bonds is 5. The van der Waals surface area contributed by atoms with Gasteiger partial charge in [-0.2, -0.15) is 5.10 Å². The molecular formula is C32H48N8O8. The summed E-state index contributed by atoms with van der Waals surface area (Å²) in [7, 11) is 0. The highest BCUT2D eigenvalue weighted by atomic mass is 16.6. The number of carbonyl (C=O) groups excluding carboxylic acids is 4. The van der Waals surface area contributed by atoms with Crippen molar-refractivity contribution in [3.8, 4) is 0 Å². The Bertz CT molecular complexity index is 1590. The first kappa shape index (κ1) is 37.6. The van der Waals surface area contributed by atoms with Crippen LogP contribution in [0.5, 0.6) is 0 Å². The van der Waals surface area contributed by atoms with E-state index in [0.717, 1.165) is 12.1 Å². The van der Waals surface area contributed by atoms with Crippen LogP contribution in [0, 0.1) is 5.92 Å². The minimum absolute atomic E-state index is 0.0696. The molecule has 0 spiro atoms. The van der Waals surface area contributed by atoms with E-state index < -0.39 is 23.3 Å². The maximum absolute atomic E-state index is 12.1. The highest BCUT2D eigenvalue weighted by molar-refractivity contribution is 5.97. The third-order valence-electron chi connectivity index (χ3n) is 7.10. The van der Waals surface area contributed by atoms with Crippen molar-refractivity contribution in [3.63, 3.8) is 0 Å². The van der Waals surface area contributed by atoms with Gasteiger partial charge in [0, 0.05) is 56.3 Å². The van der Waals surface area contributed by atoms with Gasteiger partial charge < -0.3 is 29.7 Å². The molecule has 2 saturated heterocycles. The van der Waals surface area contributed by atoms with E-state index in [1.165, 1.54) is 15.5 Å². The second-order valence-electron chi connectivity index (χ2n) is 13.5. The van der Waals surface area contributed by atoms with Crippen molar-refractivity contribution < 1.29 is 33.4 Å². The predicted molar refractivity (Wildman–Crippen MR) is 176 cm³/mol. The van der Waals surface area contributed by atoms with Crippen molar-refractivity contribution in [2.24, 2.45) is 5.92 Å². The van der Waals surface area contributed by atoms with Gasteiger partial charge in [0.1, 0.15) is 29.2 Å². The third kappa shape index (κ3) is 11.7. The lowest BCUT2D eigenvalue weighted by Crippen LogP contribution is -2.36. The maximum Gasteiger partial charge on any atom is 0.410 e. The van der Waals surface area contributed by atoms with Crippen LogP contribution in [-0.4, -0.2) is 103 Å². The number of ether oxygens (including phenoxy) is 3. The summed E-state index contributed by atoms with van der Waals surface area (Å²) in [6.45, 7) is 14.8. The highest BCUT2D eigenvalue weighted by Gasteiger charge is 2.34. The van der Waals surface area contributed by atoms with E-state index in [1.807, 2.05) is 20.8 Å². The number of Topliss-reactive ketones (excluding diaryl/α,β-unsaturated/α-hetero) is 1. The normalized spacial score (nSPS) is 17.6. The molecule has 0 radical (unpaired) electrons. The average Bonchev–Trinajstić information content (AvgIpc) is 3.79. The SMILES string of the molecule is CC(C)(C)OC(=O)N1CCC(c2cc(=O)n3[nH]ccc3n2)C1.CCOC(=O)CC(=O)C1CCN(C(=O)OC(C)(C)C)C1.Nc1ccn[nH]1. The standard InChI is InChI=1S/C15H20N4O3.C14H23NO5.C3H5N3/c1-15(2,3)22-14(21)18-7-5-10(9-18)11-8-13(20)19-12(17-11)4-6-16-19;1-5-19-12(17)8-11(16)10-6-7-15(9-10)13(18)20-14(2,3)4;4-3-1-2-5-6-3/h4,6,8,10,16H,5,7,9H2,1-3H3;10H,5-9H2,1-4H3;1-2H,(H3,4,5,6). The molecular weight excluding hydrogens is 624 g/mol. The number of nitrogen functional groups attached to an aromatic ring is 1. The molecule has 5 heterocycles. The molecule has 3 aromatic rings. The number of nitrogens with zero attached hydrogens (tertiary/aromatic N) is 5. The fraction of sp³-hybridized carbons (Fsp3) is 0.594. The largest absolute Gasteiger partial charge is 0.466 e. The quantitative estimate of drug-likeness (QED) is 0.203. The molecule has 2 amide bonds. The van der Waals surface area contributed by atoms with Crippen molar-refractivity contribution >= 4 is 35.4 Å². The minimum atomic E-state index is -0.551. The van der Waals surface area contributed by atoms with Gasteiger partial charge in [-0.05, 0) is 67.4 Å². The van der Waals surface area contributed by atoms with Gasteiger partial charge in [0.25, 0.3) is 5.56 Å². The number of esters is 1. The van der Waals surface area contributed by atoms with Crippen LogP contribution < -0.4 is 11.3 Å². The van der Waals surface area contributed by atoms with Crippen molar-refractivity contribution in [1.82, 2.24) is 34.6 Å². The number of hydrogen-bond donors (Lipinski definition) is 3. The Hall–Kier alpha value is -4.89. The first-order chi connectivity index (χ1) is 22.5. The van der Waals surface area contributed by atoms with Crippen LogP contribution in [0.1, 0.15) is 79.3 Å². The maximum atomic E-state index is 12.1. The van der Waals surface area contributed by atoms with Gasteiger partial charge >= 0.3 is 18.2 Å². The molecule has 4 N–H and O–H groups in total. The van der Waals surface area contributed by atoms with E-state index in [-0.39, 0.29) is 42.3 Å². The van der Waals surface area contributed by atoms with Gasteiger partial charge in [0.05, 0.1) is 18.5 Å². The van der Waals surface area contributed by atoms with Crippen molar-refractivity contribution in [3.05, 3.63) is 46.6 Å². The molecule has 264 valence electrons. The topological polar surface area (TPSA) is 207 Å². The first-order valence-electron chi connectivity index (χ1n) is 15.9.